The highest BCUT2D eigenvalue weighted by molar-refractivity contribution is 5.76. The molecule has 2 aromatic heterocycles. The molecule has 172 valence electrons. The number of likely N-dealkylation sites (tertiary alicyclic amines) is 1. The fraction of sp³-hybridized carbons (Fsp3) is 0.696. The Bertz CT molecular complexity index is 816. The van der Waals surface area contributed by atoms with Gasteiger partial charge in [-0.25, -0.2) is 9.97 Å². The number of carbonyl (C=O) groups is 1. The van der Waals surface area contributed by atoms with Crippen molar-refractivity contribution in [3.05, 3.63) is 36.4 Å². The molecule has 0 radical (unpaired) electrons. The van der Waals surface area contributed by atoms with Crippen LogP contribution in [-0.2, 0) is 24.4 Å². The van der Waals surface area contributed by atoms with Crippen LogP contribution >= 0.6 is 0 Å². The second-order valence-corrected chi connectivity index (χ2v) is 9.96. The van der Waals surface area contributed by atoms with E-state index in [1.807, 2.05) is 28.9 Å². The van der Waals surface area contributed by atoms with Gasteiger partial charge >= 0.3 is 0 Å². The van der Waals surface area contributed by atoms with Crippen molar-refractivity contribution in [2.75, 3.05) is 40.3 Å². The van der Waals surface area contributed by atoms with Crippen molar-refractivity contribution in [1.82, 2.24) is 34.2 Å². The van der Waals surface area contributed by atoms with Gasteiger partial charge in [-0.15, -0.1) is 0 Å². The Kier molecular flexibility index (Phi) is 7.89. The molecule has 0 saturated carbocycles. The van der Waals surface area contributed by atoms with E-state index in [1.54, 1.807) is 12.4 Å². The molecule has 3 heterocycles. The second-order valence-electron chi connectivity index (χ2n) is 9.96. The van der Waals surface area contributed by atoms with Gasteiger partial charge in [0.1, 0.15) is 18.2 Å². The Morgan fingerprint density at radius 3 is 2.74 bits per heavy atom. The van der Waals surface area contributed by atoms with Crippen LogP contribution in [0.4, 0.5) is 0 Å². The Hall–Kier alpha value is -2.19. The molecule has 0 bridgehead atoms. The van der Waals surface area contributed by atoms with Crippen LogP contribution in [0.5, 0.6) is 0 Å². The van der Waals surface area contributed by atoms with Crippen LogP contribution in [0.3, 0.4) is 0 Å². The number of nitrogens with one attached hydrogen (secondary N) is 1. The van der Waals surface area contributed by atoms with E-state index in [0.29, 0.717) is 25.6 Å². The van der Waals surface area contributed by atoms with Gasteiger partial charge < -0.3 is 19.4 Å². The van der Waals surface area contributed by atoms with Crippen LogP contribution in [-0.4, -0.2) is 80.4 Å². The van der Waals surface area contributed by atoms with Gasteiger partial charge in [0, 0.05) is 44.4 Å². The van der Waals surface area contributed by atoms with E-state index in [9.17, 15) is 4.79 Å². The molecule has 0 spiro atoms. The number of hydrogen-bond donors (Lipinski definition) is 1. The van der Waals surface area contributed by atoms with Crippen LogP contribution in [0.1, 0.15) is 45.3 Å². The van der Waals surface area contributed by atoms with Crippen molar-refractivity contribution in [2.24, 2.45) is 11.3 Å². The van der Waals surface area contributed by atoms with E-state index in [-0.39, 0.29) is 11.3 Å². The normalized spacial score (nSPS) is 19.3. The lowest BCUT2D eigenvalue weighted by molar-refractivity contribution is -0.131. The molecule has 8 nitrogen and oxygen atoms in total. The lowest BCUT2D eigenvalue weighted by atomic mass is 9.86. The van der Waals surface area contributed by atoms with E-state index in [4.69, 9.17) is 0 Å². The van der Waals surface area contributed by atoms with Crippen molar-refractivity contribution in [3.63, 3.8) is 0 Å². The average Bonchev–Trinajstić information content (AvgIpc) is 3.43. The molecule has 2 aromatic rings. The lowest BCUT2D eigenvalue weighted by Gasteiger charge is -2.28. The van der Waals surface area contributed by atoms with Crippen molar-refractivity contribution in [1.29, 1.82) is 0 Å². The highest BCUT2D eigenvalue weighted by Gasteiger charge is 2.36. The molecular formula is C23H39N7O. The molecule has 31 heavy (non-hydrogen) atoms. The third-order valence-electron chi connectivity index (χ3n) is 6.18. The first-order chi connectivity index (χ1) is 14.7. The summed E-state index contributed by atoms with van der Waals surface area (Å²) >= 11 is 0. The summed E-state index contributed by atoms with van der Waals surface area (Å²) in [7, 11) is 4.23. The Balaban J connectivity index is 1.49. The molecule has 0 aromatic carbocycles. The molecule has 1 fully saturated rings. The Labute approximate surface area is 186 Å². The van der Waals surface area contributed by atoms with Crippen LogP contribution in [0.15, 0.2) is 24.8 Å². The zero-order valence-electron chi connectivity index (χ0n) is 19.8. The fourth-order valence-corrected chi connectivity index (χ4v) is 4.43. The number of nitrogens with zero attached hydrogens (tertiary/aromatic N) is 6. The topological polar surface area (TPSA) is 73.3 Å². The van der Waals surface area contributed by atoms with Gasteiger partial charge in [0.05, 0.1) is 13.1 Å². The zero-order valence-corrected chi connectivity index (χ0v) is 19.8. The molecule has 1 aliphatic rings. The predicted octanol–water partition coefficient (Wildman–Crippen LogP) is 2.45. The second kappa shape index (κ2) is 10.4. The van der Waals surface area contributed by atoms with Gasteiger partial charge in [-0.3, -0.25) is 9.69 Å². The molecule has 1 saturated heterocycles. The van der Waals surface area contributed by atoms with E-state index >= 15 is 0 Å². The monoisotopic (exact) mass is 429 g/mol. The molecule has 1 N–H and O–H groups in total. The zero-order chi connectivity index (χ0) is 22.4. The molecule has 1 atom stereocenters. The van der Waals surface area contributed by atoms with Crippen LogP contribution < -0.4 is 0 Å². The summed E-state index contributed by atoms with van der Waals surface area (Å²) < 4.78 is 1.98. The molecule has 1 aliphatic heterocycles. The predicted molar refractivity (Wildman–Crippen MR) is 122 cm³/mol. The molecule has 1 amide bonds. The third kappa shape index (κ3) is 6.90. The van der Waals surface area contributed by atoms with Gasteiger partial charge in [0.15, 0.2) is 0 Å². The molecular weight excluding hydrogens is 390 g/mol. The number of H-pyrrole nitrogens is 1. The standard InChI is InChI=1S/C23H39N7O/c1-19(2)14-27(4)11-6-23(3)7-12-30(18-23)22(31)17-29-13-10-26-21(29)16-28(5)15-20-24-8-9-25-20/h8-10,13,19H,6-7,11-12,14-18H2,1-5H3,(H,24,25). The minimum absolute atomic E-state index is 0.187. The summed E-state index contributed by atoms with van der Waals surface area (Å²) in [6.45, 7) is 12.5. The maximum Gasteiger partial charge on any atom is 0.242 e. The molecule has 0 aliphatic carbocycles. The van der Waals surface area contributed by atoms with Gasteiger partial charge in [0.2, 0.25) is 5.91 Å². The maximum absolute atomic E-state index is 13.0. The summed E-state index contributed by atoms with van der Waals surface area (Å²) in [6, 6.07) is 0. The van der Waals surface area contributed by atoms with Crippen LogP contribution in [0.2, 0.25) is 0 Å². The summed E-state index contributed by atoms with van der Waals surface area (Å²) in [5.41, 5.74) is 0.210. The average molecular weight is 430 g/mol. The highest BCUT2D eigenvalue weighted by atomic mass is 16.2. The summed E-state index contributed by atoms with van der Waals surface area (Å²) in [6.07, 6.45) is 9.49. The first kappa shape index (κ1) is 23.5. The number of aromatic nitrogens is 4. The lowest BCUT2D eigenvalue weighted by Crippen LogP contribution is -2.35. The number of imidazole rings is 2. The van der Waals surface area contributed by atoms with Crippen molar-refractivity contribution >= 4 is 5.91 Å². The largest absolute Gasteiger partial charge is 0.348 e. The van der Waals surface area contributed by atoms with Crippen molar-refractivity contribution in [3.8, 4) is 0 Å². The summed E-state index contributed by atoms with van der Waals surface area (Å²) in [5, 5.41) is 0. The summed E-state index contributed by atoms with van der Waals surface area (Å²) in [5.74, 6) is 2.70. The van der Waals surface area contributed by atoms with Crippen LogP contribution in [0.25, 0.3) is 0 Å². The number of carbonyl (C=O) groups excluding carboxylic acids is 1. The minimum Gasteiger partial charge on any atom is -0.348 e. The molecule has 8 heteroatoms. The number of hydrogen-bond acceptors (Lipinski definition) is 5. The quantitative estimate of drug-likeness (QED) is 0.594. The van der Waals surface area contributed by atoms with E-state index in [0.717, 1.165) is 50.7 Å². The smallest absolute Gasteiger partial charge is 0.242 e. The van der Waals surface area contributed by atoms with Gasteiger partial charge in [-0.2, -0.15) is 0 Å². The molecule has 3 rings (SSSR count). The fourth-order valence-electron chi connectivity index (χ4n) is 4.43. The van der Waals surface area contributed by atoms with E-state index in [1.165, 1.54) is 0 Å². The third-order valence-corrected chi connectivity index (χ3v) is 6.18. The van der Waals surface area contributed by atoms with Crippen LogP contribution in [0, 0.1) is 11.3 Å². The molecule has 1 unspecified atom stereocenters. The maximum atomic E-state index is 13.0. The van der Waals surface area contributed by atoms with Crippen molar-refractivity contribution in [2.45, 2.75) is 53.2 Å². The van der Waals surface area contributed by atoms with E-state index in [2.05, 4.69) is 52.6 Å². The van der Waals surface area contributed by atoms with Gasteiger partial charge in [0.25, 0.3) is 0 Å². The van der Waals surface area contributed by atoms with Crippen molar-refractivity contribution < 1.29 is 4.79 Å². The SMILES string of the molecule is CC(C)CN(C)CCC1(C)CCN(C(=O)Cn2ccnc2CN(C)Cc2ncc[nH]2)C1. The number of amides is 1. The summed E-state index contributed by atoms with van der Waals surface area (Å²) in [4.78, 5) is 31.5. The van der Waals surface area contributed by atoms with E-state index < -0.39 is 0 Å². The highest BCUT2D eigenvalue weighted by Crippen LogP contribution is 2.33. The van der Waals surface area contributed by atoms with Gasteiger partial charge in [-0.1, -0.05) is 20.8 Å². The number of aromatic amines is 1. The minimum atomic E-state index is 0.187. The first-order valence-electron chi connectivity index (χ1n) is 11.4. The Morgan fingerprint density at radius 1 is 1.23 bits per heavy atom. The Morgan fingerprint density at radius 2 is 2.03 bits per heavy atom. The number of rotatable bonds is 11. The van der Waals surface area contributed by atoms with Gasteiger partial charge in [-0.05, 0) is 44.8 Å². The first-order valence-corrected chi connectivity index (χ1v) is 11.4.